The molecule has 0 saturated carbocycles. The summed E-state index contributed by atoms with van der Waals surface area (Å²) in [4.78, 5) is 23.9. The topological polar surface area (TPSA) is 81.4 Å². The molecule has 0 heterocycles. The Morgan fingerprint density at radius 3 is 2.65 bits per heavy atom. The lowest BCUT2D eigenvalue weighted by Crippen LogP contribution is -2.29. The minimum absolute atomic E-state index is 0.164. The van der Waals surface area contributed by atoms with Crippen molar-refractivity contribution < 1.29 is 14.3 Å². The van der Waals surface area contributed by atoms with Crippen LogP contribution in [0.2, 0.25) is 0 Å². The standard InChI is InChI=1S/C15H22N2O3/c1-4-5-11(9-16)14(18)17-13-7-6-10(2)8-12(13)15(19)20-3/h6-8,11H,4-5,9,16H2,1-3H3,(H,17,18). The van der Waals surface area contributed by atoms with E-state index in [1.807, 2.05) is 19.9 Å². The third kappa shape index (κ3) is 4.06. The molecule has 1 aromatic rings. The number of rotatable bonds is 6. The van der Waals surface area contributed by atoms with Gasteiger partial charge in [0.1, 0.15) is 0 Å². The maximum Gasteiger partial charge on any atom is 0.339 e. The Morgan fingerprint density at radius 2 is 2.10 bits per heavy atom. The molecule has 0 saturated heterocycles. The maximum absolute atomic E-state index is 12.1. The number of anilines is 1. The summed E-state index contributed by atoms with van der Waals surface area (Å²) >= 11 is 0. The van der Waals surface area contributed by atoms with E-state index >= 15 is 0 Å². The largest absolute Gasteiger partial charge is 0.465 e. The van der Waals surface area contributed by atoms with Crippen LogP contribution in [-0.2, 0) is 9.53 Å². The Morgan fingerprint density at radius 1 is 1.40 bits per heavy atom. The van der Waals surface area contributed by atoms with Crippen molar-refractivity contribution in [1.82, 2.24) is 0 Å². The van der Waals surface area contributed by atoms with Crippen molar-refractivity contribution in [1.29, 1.82) is 0 Å². The van der Waals surface area contributed by atoms with Crippen molar-refractivity contribution in [3.05, 3.63) is 29.3 Å². The van der Waals surface area contributed by atoms with Crippen molar-refractivity contribution in [2.24, 2.45) is 11.7 Å². The average molecular weight is 278 g/mol. The number of nitrogens with two attached hydrogens (primary N) is 1. The van der Waals surface area contributed by atoms with Crippen molar-refractivity contribution in [3.63, 3.8) is 0 Å². The second kappa shape index (κ2) is 7.65. The molecule has 1 aromatic carbocycles. The Hall–Kier alpha value is -1.88. The number of carbonyl (C=O) groups excluding carboxylic acids is 2. The van der Waals surface area contributed by atoms with Gasteiger partial charge < -0.3 is 15.8 Å². The van der Waals surface area contributed by atoms with E-state index in [0.717, 1.165) is 18.4 Å². The Bertz CT molecular complexity index is 486. The molecule has 110 valence electrons. The van der Waals surface area contributed by atoms with Crippen LogP contribution in [0.3, 0.4) is 0 Å². The van der Waals surface area contributed by atoms with E-state index < -0.39 is 5.97 Å². The normalized spacial score (nSPS) is 11.8. The molecule has 0 aliphatic carbocycles. The van der Waals surface area contributed by atoms with Gasteiger partial charge in [-0.1, -0.05) is 25.0 Å². The molecule has 0 fully saturated rings. The van der Waals surface area contributed by atoms with Crippen LogP contribution < -0.4 is 11.1 Å². The SMILES string of the molecule is CCCC(CN)C(=O)Nc1ccc(C)cc1C(=O)OC. The summed E-state index contributed by atoms with van der Waals surface area (Å²) in [7, 11) is 1.32. The first-order valence-corrected chi connectivity index (χ1v) is 6.73. The van der Waals surface area contributed by atoms with Crippen molar-refractivity contribution in [2.75, 3.05) is 19.0 Å². The van der Waals surface area contributed by atoms with E-state index in [-0.39, 0.29) is 11.8 Å². The fraction of sp³-hybridized carbons (Fsp3) is 0.467. The number of benzene rings is 1. The molecule has 1 amide bonds. The van der Waals surface area contributed by atoms with Crippen LogP contribution in [0.4, 0.5) is 5.69 Å². The highest BCUT2D eigenvalue weighted by atomic mass is 16.5. The van der Waals surface area contributed by atoms with Gasteiger partial charge in [-0.3, -0.25) is 4.79 Å². The molecular formula is C15H22N2O3. The van der Waals surface area contributed by atoms with Gasteiger partial charge in [0, 0.05) is 6.54 Å². The first-order chi connectivity index (χ1) is 9.53. The second-order valence-electron chi connectivity index (χ2n) is 4.75. The smallest absolute Gasteiger partial charge is 0.339 e. The zero-order valence-corrected chi connectivity index (χ0v) is 12.2. The lowest BCUT2D eigenvalue weighted by molar-refractivity contribution is -0.119. The van der Waals surface area contributed by atoms with Gasteiger partial charge in [-0.2, -0.15) is 0 Å². The van der Waals surface area contributed by atoms with Gasteiger partial charge >= 0.3 is 5.97 Å². The number of nitrogens with one attached hydrogen (secondary N) is 1. The van der Waals surface area contributed by atoms with E-state index in [1.165, 1.54) is 7.11 Å². The predicted molar refractivity (Wildman–Crippen MR) is 78.6 cm³/mol. The molecule has 5 heteroatoms. The molecule has 1 atom stereocenters. The maximum atomic E-state index is 12.1. The summed E-state index contributed by atoms with van der Waals surface area (Å²) in [5.41, 5.74) is 7.35. The molecule has 20 heavy (non-hydrogen) atoms. The molecule has 0 radical (unpaired) electrons. The molecule has 3 N–H and O–H groups in total. The Balaban J connectivity index is 2.96. The van der Waals surface area contributed by atoms with Crippen LogP contribution in [0.5, 0.6) is 0 Å². The molecule has 1 unspecified atom stereocenters. The minimum atomic E-state index is -0.469. The van der Waals surface area contributed by atoms with Gasteiger partial charge in [0.05, 0.1) is 24.3 Å². The molecule has 0 aromatic heterocycles. The number of hydrogen-bond acceptors (Lipinski definition) is 4. The molecule has 5 nitrogen and oxygen atoms in total. The lowest BCUT2D eigenvalue weighted by atomic mass is 10.0. The zero-order valence-electron chi connectivity index (χ0n) is 12.2. The number of hydrogen-bond donors (Lipinski definition) is 2. The molecule has 0 aliphatic rings. The third-order valence-electron chi connectivity index (χ3n) is 3.13. The number of amides is 1. The van der Waals surface area contributed by atoms with E-state index in [4.69, 9.17) is 10.5 Å². The van der Waals surface area contributed by atoms with Crippen LogP contribution in [0.15, 0.2) is 18.2 Å². The molecule has 1 rings (SSSR count). The Labute approximate surface area is 119 Å². The second-order valence-corrected chi connectivity index (χ2v) is 4.75. The fourth-order valence-electron chi connectivity index (χ4n) is 1.99. The van der Waals surface area contributed by atoms with Gasteiger partial charge in [-0.05, 0) is 25.5 Å². The third-order valence-corrected chi connectivity index (χ3v) is 3.13. The molecule has 0 spiro atoms. The monoisotopic (exact) mass is 278 g/mol. The summed E-state index contributed by atoms with van der Waals surface area (Å²) in [6.45, 7) is 4.17. The molecule has 0 bridgehead atoms. The van der Waals surface area contributed by atoms with Gasteiger partial charge in [0.2, 0.25) is 5.91 Å². The molecular weight excluding hydrogens is 256 g/mol. The highest BCUT2D eigenvalue weighted by Crippen LogP contribution is 2.20. The Kier molecular flexibility index (Phi) is 6.18. The van der Waals surface area contributed by atoms with Crippen LogP contribution in [0.1, 0.15) is 35.7 Å². The van der Waals surface area contributed by atoms with E-state index in [0.29, 0.717) is 17.8 Å². The summed E-state index contributed by atoms with van der Waals surface area (Å²) < 4.78 is 4.73. The van der Waals surface area contributed by atoms with Crippen molar-refractivity contribution in [2.45, 2.75) is 26.7 Å². The van der Waals surface area contributed by atoms with Gasteiger partial charge in [0.15, 0.2) is 0 Å². The van der Waals surface area contributed by atoms with Gasteiger partial charge in [0.25, 0.3) is 0 Å². The number of methoxy groups -OCH3 is 1. The van der Waals surface area contributed by atoms with E-state index in [2.05, 4.69) is 5.32 Å². The van der Waals surface area contributed by atoms with Crippen LogP contribution >= 0.6 is 0 Å². The quantitative estimate of drug-likeness (QED) is 0.781. The lowest BCUT2D eigenvalue weighted by Gasteiger charge is -2.16. The van der Waals surface area contributed by atoms with Crippen LogP contribution in [0.25, 0.3) is 0 Å². The fourth-order valence-corrected chi connectivity index (χ4v) is 1.99. The van der Waals surface area contributed by atoms with Gasteiger partial charge in [-0.25, -0.2) is 4.79 Å². The first kappa shape index (κ1) is 16.2. The van der Waals surface area contributed by atoms with Crippen molar-refractivity contribution in [3.8, 4) is 0 Å². The highest BCUT2D eigenvalue weighted by molar-refractivity contribution is 6.02. The van der Waals surface area contributed by atoms with Crippen LogP contribution in [0, 0.1) is 12.8 Å². The predicted octanol–water partition coefficient (Wildman–Crippen LogP) is 2.10. The molecule has 0 aliphatic heterocycles. The van der Waals surface area contributed by atoms with Crippen LogP contribution in [-0.4, -0.2) is 25.5 Å². The van der Waals surface area contributed by atoms with Gasteiger partial charge in [-0.15, -0.1) is 0 Å². The summed E-state index contributed by atoms with van der Waals surface area (Å²) in [5, 5.41) is 2.77. The van der Waals surface area contributed by atoms with Crippen molar-refractivity contribution >= 4 is 17.6 Å². The number of ether oxygens (including phenoxy) is 1. The summed E-state index contributed by atoms with van der Waals surface area (Å²) in [5.74, 6) is -0.876. The minimum Gasteiger partial charge on any atom is -0.465 e. The average Bonchev–Trinajstić information content (AvgIpc) is 2.45. The summed E-state index contributed by atoms with van der Waals surface area (Å²) in [6.07, 6.45) is 1.61. The number of carbonyl (C=O) groups is 2. The number of aryl methyl sites for hydroxylation is 1. The van der Waals surface area contributed by atoms with E-state index in [1.54, 1.807) is 12.1 Å². The first-order valence-electron chi connectivity index (χ1n) is 6.73. The summed E-state index contributed by atoms with van der Waals surface area (Å²) in [6, 6.07) is 5.23. The highest BCUT2D eigenvalue weighted by Gasteiger charge is 2.19. The number of esters is 1. The zero-order chi connectivity index (χ0) is 15.1. The van der Waals surface area contributed by atoms with E-state index in [9.17, 15) is 9.59 Å².